The number of aromatic amines is 2. The molecule has 1 amide bonds. The Kier molecular flexibility index (Phi) is 4.14. The molecule has 3 rings (SSSR count). The molecule has 0 saturated heterocycles. The summed E-state index contributed by atoms with van der Waals surface area (Å²) in [5.41, 5.74) is 2.00. The van der Waals surface area contributed by atoms with Crippen LogP contribution < -0.4 is 5.56 Å². The van der Waals surface area contributed by atoms with Gasteiger partial charge in [0.05, 0.1) is 17.4 Å². The maximum absolute atomic E-state index is 12.6. The van der Waals surface area contributed by atoms with Gasteiger partial charge in [-0.2, -0.15) is 0 Å². The van der Waals surface area contributed by atoms with E-state index < -0.39 is 0 Å². The Labute approximate surface area is 141 Å². The highest BCUT2D eigenvalue weighted by atomic mass is 32.1. The van der Waals surface area contributed by atoms with E-state index in [1.807, 2.05) is 18.4 Å². The molecule has 1 aromatic carbocycles. The summed E-state index contributed by atoms with van der Waals surface area (Å²) in [7, 11) is 1.77. The zero-order valence-corrected chi connectivity index (χ0v) is 14.3. The van der Waals surface area contributed by atoms with E-state index in [1.165, 1.54) is 5.56 Å². The van der Waals surface area contributed by atoms with Gasteiger partial charge in [0.25, 0.3) is 11.5 Å². The molecule has 118 valence electrons. The molecule has 0 aliphatic rings. The van der Waals surface area contributed by atoms with Crippen molar-refractivity contribution in [2.24, 2.45) is 0 Å². The van der Waals surface area contributed by atoms with Crippen molar-refractivity contribution < 1.29 is 4.79 Å². The van der Waals surface area contributed by atoms with Gasteiger partial charge in [0.2, 0.25) is 0 Å². The quantitative estimate of drug-likeness (QED) is 0.716. The normalized spacial score (nSPS) is 10.9. The summed E-state index contributed by atoms with van der Waals surface area (Å²) >= 11 is 6.61. The molecular weight excluding hydrogens is 330 g/mol. The first kappa shape index (κ1) is 15.6. The van der Waals surface area contributed by atoms with Crippen molar-refractivity contribution in [3.8, 4) is 0 Å². The summed E-state index contributed by atoms with van der Waals surface area (Å²) in [6.45, 7) is 2.60. The van der Waals surface area contributed by atoms with Crippen molar-refractivity contribution in [3.63, 3.8) is 0 Å². The largest absolute Gasteiger partial charge is 0.337 e. The van der Waals surface area contributed by atoms with E-state index in [4.69, 9.17) is 12.2 Å². The van der Waals surface area contributed by atoms with Crippen molar-refractivity contribution in [2.45, 2.75) is 13.5 Å². The summed E-state index contributed by atoms with van der Waals surface area (Å²) in [6, 6.07) is 7.01. The minimum atomic E-state index is -0.259. The van der Waals surface area contributed by atoms with Crippen LogP contribution in [-0.2, 0) is 6.54 Å². The zero-order chi connectivity index (χ0) is 16.6. The van der Waals surface area contributed by atoms with Gasteiger partial charge in [-0.25, -0.2) is 0 Å². The van der Waals surface area contributed by atoms with Gasteiger partial charge in [0, 0.05) is 17.5 Å². The first-order chi connectivity index (χ1) is 11.0. The van der Waals surface area contributed by atoms with Crippen LogP contribution >= 0.6 is 23.6 Å². The molecule has 0 bridgehead atoms. The average molecular weight is 345 g/mol. The van der Waals surface area contributed by atoms with Gasteiger partial charge in [-0.15, -0.1) is 11.3 Å². The second-order valence-corrected chi connectivity index (χ2v) is 6.77. The predicted octanol–water partition coefficient (Wildman–Crippen LogP) is 3.23. The SMILES string of the molecule is Cc1ccsc1CN(C)C(=O)c1ccc2c(=O)[nH]c(=S)[nH]c2c1. The Morgan fingerprint density at radius 1 is 1.30 bits per heavy atom. The van der Waals surface area contributed by atoms with Gasteiger partial charge >= 0.3 is 0 Å². The van der Waals surface area contributed by atoms with E-state index in [9.17, 15) is 9.59 Å². The fourth-order valence-corrected chi connectivity index (χ4v) is 3.54. The lowest BCUT2D eigenvalue weighted by Crippen LogP contribution is -2.26. The molecule has 2 heterocycles. The molecule has 0 radical (unpaired) electrons. The molecule has 0 unspecified atom stereocenters. The number of aromatic nitrogens is 2. The molecule has 7 heteroatoms. The highest BCUT2D eigenvalue weighted by Gasteiger charge is 2.14. The lowest BCUT2D eigenvalue weighted by molar-refractivity contribution is 0.0786. The lowest BCUT2D eigenvalue weighted by Gasteiger charge is -2.17. The van der Waals surface area contributed by atoms with Gasteiger partial charge < -0.3 is 9.88 Å². The van der Waals surface area contributed by atoms with E-state index >= 15 is 0 Å². The van der Waals surface area contributed by atoms with Crippen LogP contribution in [0.3, 0.4) is 0 Å². The number of fused-ring (bicyclic) bond motifs is 1. The van der Waals surface area contributed by atoms with Crippen molar-refractivity contribution in [1.29, 1.82) is 0 Å². The molecule has 0 fully saturated rings. The molecule has 0 aliphatic heterocycles. The number of carbonyl (C=O) groups is 1. The number of rotatable bonds is 3. The molecule has 0 spiro atoms. The number of nitrogens with one attached hydrogen (secondary N) is 2. The fourth-order valence-electron chi connectivity index (χ4n) is 2.38. The van der Waals surface area contributed by atoms with Crippen LogP contribution in [0.2, 0.25) is 0 Å². The Balaban J connectivity index is 1.93. The first-order valence-corrected chi connectivity index (χ1v) is 8.29. The standard InChI is InChI=1S/C16H15N3O2S2/c1-9-5-6-23-13(9)8-19(2)15(21)10-3-4-11-12(7-10)17-16(22)18-14(11)20/h3-7H,8H2,1-2H3,(H2,17,18,20,22). The van der Waals surface area contributed by atoms with E-state index in [0.717, 1.165) is 4.88 Å². The maximum atomic E-state index is 12.6. The number of H-pyrrole nitrogens is 2. The Hall–Kier alpha value is -2.25. The number of nitrogens with zero attached hydrogens (tertiary/aromatic N) is 1. The third kappa shape index (κ3) is 3.11. The van der Waals surface area contributed by atoms with E-state index in [-0.39, 0.29) is 16.2 Å². The highest BCUT2D eigenvalue weighted by Crippen LogP contribution is 2.19. The molecule has 23 heavy (non-hydrogen) atoms. The van der Waals surface area contributed by atoms with E-state index in [0.29, 0.717) is 23.0 Å². The van der Waals surface area contributed by atoms with Crippen LogP contribution in [0, 0.1) is 11.7 Å². The van der Waals surface area contributed by atoms with E-state index in [2.05, 4.69) is 9.97 Å². The third-order valence-corrected chi connectivity index (χ3v) is 4.89. The zero-order valence-electron chi connectivity index (χ0n) is 12.7. The second kappa shape index (κ2) is 6.10. The van der Waals surface area contributed by atoms with Crippen molar-refractivity contribution in [1.82, 2.24) is 14.9 Å². The van der Waals surface area contributed by atoms with Crippen LogP contribution in [0.5, 0.6) is 0 Å². The monoisotopic (exact) mass is 345 g/mol. The van der Waals surface area contributed by atoms with Gasteiger partial charge in [-0.05, 0) is 54.4 Å². The Morgan fingerprint density at radius 3 is 2.78 bits per heavy atom. The van der Waals surface area contributed by atoms with Crippen molar-refractivity contribution in [3.05, 3.63) is 60.8 Å². The minimum absolute atomic E-state index is 0.0979. The summed E-state index contributed by atoms with van der Waals surface area (Å²) in [5.74, 6) is -0.0979. The predicted molar refractivity (Wildman–Crippen MR) is 94.6 cm³/mol. The number of hydrogen-bond donors (Lipinski definition) is 2. The van der Waals surface area contributed by atoms with Crippen LogP contribution in [0.4, 0.5) is 0 Å². The Morgan fingerprint density at radius 2 is 2.09 bits per heavy atom. The number of amides is 1. The number of benzene rings is 1. The summed E-state index contributed by atoms with van der Waals surface area (Å²) < 4.78 is 0.245. The van der Waals surface area contributed by atoms with Crippen molar-refractivity contribution >= 4 is 40.4 Å². The minimum Gasteiger partial charge on any atom is -0.337 e. The topological polar surface area (TPSA) is 69.0 Å². The molecule has 5 nitrogen and oxygen atoms in total. The second-order valence-electron chi connectivity index (χ2n) is 5.36. The van der Waals surface area contributed by atoms with Gasteiger partial charge in [0.15, 0.2) is 4.77 Å². The van der Waals surface area contributed by atoms with Crippen LogP contribution in [0.15, 0.2) is 34.4 Å². The maximum Gasteiger partial charge on any atom is 0.259 e. The van der Waals surface area contributed by atoms with Gasteiger partial charge in [-0.3, -0.25) is 14.6 Å². The van der Waals surface area contributed by atoms with Gasteiger partial charge in [-0.1, -0.05) is 0 Å². The number of hydrogen-bond acceptors (Lipinski definition) is 4. The molecule has 0 atom stereocenters. The molecule has 0 aliphatic carbocycles. The lowest BCUT2D eigenvalue weighted by atomic mass is 10.1. The van der Waals surface area contributed by atoms with Crippen molar-refractivity contribution in [2.75, 3.05) is 7.05 Å². The fraction of sp³-hybridized carbons (Fsp3) is 0.188. The van der Waals surface area contributed by atoms with Gasteiger partial charge in [0.1, 0.15) is 0 Å². The number of carbonyl (C=O) groups excluding carboxylic acids is 1. The summed E-state index contributed by atoms with van der Waals surface area (Å²) in [5, 5.41) is 2.50. The molecule has 2 aromatic heterocycles. The number of aryl methyl sites for hydroxylation is 1. The average Bonchev–Trinajstić information content (AvgIpc) is 2.90. The molecule has 3 aromatic rings. The van der Waals surface area contributed by atoms with Crippen LogP contribution in [-0.4, -0.2) is 27.8 Å². The molecule has 2 N–H and O–H groups in total. The Bertz CT molecular complexity index is 1000. The number of thiophene rings is 1. The highest BCUT2D eigenvalue weighted by molar-refractivity contribution is 7.71. The molecular formula is C16H15N3O2S2. The van der Waals surface area contributed by atoms with Crippen LogP contribution in [0.25, 0.3) is 10.9 Å². The summed E-state index contributed by atoms with van der Waals surface area (Å²) in [4.78, 5) is 32.7. The summed E-state index contributed by atoms with van der Waals surface area (Å²) in [6.07, 6.45) is 0. The first-order valence-electron chi connectivity index (χ1n) is 7.00. The van der Waals surface area contributed by atoms with Crippen LogP contribution in [0.1, 0.15) is 20.8 Å². The smallest absolute Gasteiger partial charge is 0.259 e. The third-order valence-electron chi connectivity index (χ3n) is 3.68. The van der Waals surface area contributed by atoms with E-state index in [1.54, 1.807) is 41.5 Å². The molecule has 0 saturated carbocycles.